The van der Waals surface area contributed by atoms with E-state index in [0.717, 1.165) is 28.9 Å². The maximum Gasteiger partial charge on any atom is 0.232 e. The van der Waals surface area contributed by atoms with E-state index in [1.54, 1.807) is 11.8 Å². The molecular formula is C14H18BrNOS. The minimum absolute atomic E-state index is 0.273. The molecule has 0 saturated carbocycles. The van der Waals surface area contributed by atoms with Gasteiger partial charge in [-0.1, -0.05) is 22.9 Å². The van der Waals surface area contributed by atoms with Crippen LogP contribution < -0.4 is 0 Å². The first-order chi connectivity index (χ1) is 8.65. The van der Waals surface area contributed by atoms with Crippen LogP contribution >= 0.6 is 27.7 Å². The molecule has 0 spiro atoms. The van der Waals surface area contributed by atoms with Gasteiger partial charge in [-0.15, -0.1) is 11.8 Å². The van der Waals surface area contributed by atoms with Crippen molar-refractivity contribution in [1.82, 2.24) is 4.90 Å². The first-order valence-corrected chi connectivity index (χ1v) is 8.09. The molecule has 2 rings (SSSR count). The van der Waals surface area contributed by atoms with Gasteiger partial charge in [0.15, 0.2) is 0 Å². The van der Waals surface area contributed by atoms with Crippen molar-refractivity contribution in [3.05, 3.63) is 28.7 Å². The van der Waals surface area contributed by atoms with Crippen LogP contribution in [0.3, 0.4) is 0 Å². The number of halogens is 1. The van der Waals surface area contributed by atoms with E-state index in [0.29, 0.717) is 11.7 Å². The highest BCUT2D eigenvalue weighted by Gasteiger charge is 2.20. The molecule has 18 heavy (non-hydrogen) atoms. The van der Waals surface area contributed by atoms with Crippen molar-refractivity contribution in [3.8, 4) is 0 Å². The Morgan fingerprint density at radius 1 is 1.44 bits per heavy atom. The molecular weight excluding hydrogens is 310 g/mol. The molecule has 1 aliphatic heterocycles. The number of hydrogen-bond acceptors (Lipinski definition) is 2. The monoisotopic (exact) mass is 327 g/mol. The van der Waals surface area contributed by atoms with Gasteiger partial charge in [0.25, 0.3) is 0 Å². The molecule has 1 amide bonds. The third kappa shape index (κ3) is 4.02. The molecule has 0 bridgehead atoms. The van der Waals surface area contributed by atoms with Gasteiger partial charge in [0.1, 0.15) is 0 Å². The zero-order valence-electron chi connectivity index (χ0n) is 10.6. The second kappa shape index (κ2) is 6.62. The van der Waals surface area contributed by atoms with Crippen molar-refractivity contribution in [2.45, 2.75) is 24.7 Å². The Bertz CT molecular complexity index is 407. The predicted octanol–water partition coefficient (Wildman–Crippen LogP) is 3.80. The van der Waals surface area contributed by atoms with Gasteiger partial charge in [-0.05, 0) is 43.0 Å². The molecule has 1 saturated heterocycles. The minimum Gasteiger partial charge on any atom is -0.342 e. The quantitative estimate of drug-likeness (QED) is 0.787. The van der Waals surface area contributed by atoms with Gasteiger partial charge < -0.3 is 4.90 Å². The number of benzene rings is 1. The summed E-state index contributed by atoms with van der Waals surface area (Å²) in [6.45, 7) is 4.09. The average Bonchev–Trinajstić information content (AvgIpc) is 2.38. The van der Waals surface area contributed by atoms with E-state index >= 15 is 0 Å². The Balaban J connectivity index is 1.82. The summed E-state index contributed by atoms with van der Waals surface area (Å²) in [5.41, 5.74) is 0. The molecule has 1 heterocycles. The van der Waals surface area contributed by atoms with Gasteiger partial charge in [0.2, 0.25) is 5.91 Å². The first kappa shape index (κ1) is 13.9. The summed E-state index contributed by atoms with van der Waals surface area (Å²) in [5, 5.41) is 0. The summed E-state index contributed by atoms with van der Waals surface area (Å²) < 4.78 is 1.07. The third-order valence-corrected chi connectivity index (χ3v) is 4.71. The summed E-state index contributed by atoms with van der Waals surface area (Å²) in [6, 6.07) is 8.10. The van der Waals surface area contributed by atoms with Gasteiger partial charge >= 0.3 is 0 Å². The minimum atomic E-state index is 0.273. The predicted molar refractivity (Wildman–Crippen MR) is 79.8 cm³/mol. The van der Waals surface area contributed by atoms with E-state index in [4.69, 9.17) is 0 Å². The largest absolute Gasteiger partial charge is 0.342 e. The second-order valence-electron chi connectivity index (χ2n) is 4.83. The number of thioether (sulfide) groups is 1. The third-order valence-electron chi connectivity index (χ3n) is 3.19. The molecule has 98 valence electrons. The fraction of sp³-hybridized carbons (Fsp3) is 0.500. The zero-order valence-corrected chi connectivity index (χ0v) is 13.0. The number of nitrogens with zero attached hydrogens (tertiary/aromatic N) is 1. The lowest BCUT2D eigenvalue weighted by molar-refractivity contribution is -0.130. The Kier molecular flexibility index (Phi) is 5.13. The summed E-state index contributed by atoms with van der Waals surface area (Å²) >= 11 is 5.03. The molecule has 1 atom stereocenters. The Hall–Kier alpha value is -0.480. The van der Waals surface area contributed by atoms with E-state index in [2.05, 4.69) is 22.9 Å². The molecule has 1 aromatic carbocycles. The molecule has 0 radical (unpaired) electrons. The molecule has 4 heteroatoms. The standard InChI is InChI=1S/C14H18BrNOS/c1-11-3-2-8-16(9-11)14(17)10-18-13-6-4-12(15)5-7-13/h4-7,11H,2-3,8-10H2,1H3/t11-/m1/s1. The molecule has 0 unspecified atom stereocenters. The molecule has 1 aromatic rings. The lowest BCUT2D eigenvalue weighted by Crippen LogP contribution is -2.40. The van der Waals surface area contributed by atoms with E-state index in [1.807, 2.05) is 29.2 Å². The number of carbonyl (C=O) groups excluding carboxylic acids is 1. The van der Waals surface area contributed by atoms with E-state index in [-0.39, 0.29) is 5.91 Å². The van der Waals surface area contributed by atoms with Crippen LogP contribution in [0.15, 0.2) is 33.6 Å². The fourth-order valence-electron chi connectivity index (χ4n) is 2.18. The van der Waals surface area contributed by atoms with Crippen LogP contribution in [0.25, 0.3) is 0 Å². The highest BCUT2D eigenvalue weighted by atomic mass is 79.9. The van der Waals surface area contributed by atoms with Crippen molar-refractivity contribution in [2.24, 2.45) is 5.92 Å². The molecule has 0 aromatic heterocycles. The SMILES string of the molecule is C[C@@H]1CCCN(C(=O)CSc2ccc(Br)cc2)C1. The van der Waals surface area contributed by atoms with Crippen molar-refractivity contribution in [3.63, 3.8) is 0 Å². The lowest BCUT2D eigenvalue weighted by Gasteiger charge is -2.30. The zero-order chi connectivity index (χ0) is 13.0. The van der Waals surface area contributed by atoms with Crippen LogP contribution in [-0.2, 0) is 4.79 Å². The first-order valence-electron chi connectivity index (χ1n) is 6.31. The Labute approximate surface area is 121 Å². The van der Waals surface area contributed by atoms with Gasteiger partial charge in [-0.2, -0.15) is 0 Å². The Morgan fingerprint density at radius 2 is 2.17 bits per heavy atom. The van der Waals surface area contributed by atoms with Gasteiger partial charge in [0.05, 0.1) is 5.75 Å². The molecule has 0 N–H and O–H groups in total. The van der Waals surface area contributed by atoms with Crippen molar-refractivity contribution in [1.29, 1.82) is 0 Å². The van der Waals surface area contributed by atoms with Gasteiger partial charge in [-0.25, -0.2) is 0 Å². The summed E-state index contributed by atoms with van der Waals surface area (Å²) in [5.74, 6) is 1.48. The van der Waals surface area contributed by atoms with Crippen LogP contribution in [-0.4, -0.2) is 29.6 Å². The van der Waals surface area contributed by atoms with Crippen LogP contribution in [0.1, 0.15) is 19.8 Å². The molecule has 1 fully saturated rings. The maximum absolute atomic E-state index is 12.1. The lowest BCUT2D eigenvalue weighted by atomic mass is 10.0. The van der Waals surface area contributed by atoms with Crippen molar-refractivity contribution >= 4 is 33.6 Å². The second-order valence-corrected chi connectivity index (χ2v) is 6.79. The topological polar surface area (TPSA) is 20.3 Å². The van der Waals surface area contributed by atoms with Crippen molar-refractivity contribution in [2.75, 3.05) is 18.8 Å². The molecule has 0 aliphatic carbocycles. The number of carbonyl (C=O) groups is 1. The number of likely N-dealkylation sites (tertiary alicyclic amines) is 1. The number of hydrogen-bond donors (Lipinski definition) is 0. The number of piperidine rings is 1. The summed E-state index contributed by atoms with van der Waals surface area (Å²) in [4.78, 5) is 15.2. The summed E-state index contributed by atoms with van der Waals surface area (Å²) in [6.07, 6.45) is 2.40. The van der Waals surface area contributed by atoms with Gasteiger partial charge in [0, 0.05) is 22.5 Å². The van der Waals surface area contributed by atoms with Gasteiger partial charge in [-0.3, -0.25) is 4.79 Å². The Morgan fingerprint density at radius 3 is 2.83 bits per heavy atom. The molecule has 1 aliphatic rings. The van der Waals surface area contributed by atoms with Crippen LogP contribution in [0, 0.1) is 5.92 Å². The van der Waals surface area contributed by atoms with E-state index in [9.17, 15) is 4.79 Å². The highest BCUT2D eigenvalue weighted by molar-refractivity contribution is 9.10. The van der Waals surface area contributed by atoms with Crippen LogP contribution in [0.2, 0.25) is 0 Å². The molecule has 2 nitrogen and oxygen atoms in total. The average molecular weight is 328 g/mol. The van der Waals surface area contributed by atoms with E-state index in [1.165, 1.54) is 6.42 Å². The highest BCUT2D eigenvalue weighted by Crippen LogP contribution is 2.22. The smallest absolute Gasteiger partial charge is 0.232 e. The van der Waals surface area contributed by atoms with Crippen molar-refractivity contribution < 1.29 is 4.79 Å². The number of amides is 1. The van der Waals surface area contributed by atoms with Crippen LogP contribution in [0.4, 0.5) is 0 Å². The van der Waals surface area contributed by atoms with E-state index < -0.39 is 0 Å². The maximum atomic E-state index is 12.1. The van der Waals surface area contributed by atoms with Crippen LogP contribution in [0.5, 0.6) is 0 Å². The number of rotatable bonds is 3. The normalized spacial score (nSPS) is 19.9. The fourth-order valence-corrected chi connectivity index (χ4v) is 3.25. The summed E-state index contributed by atoms with van der Waals surface area (Å²) in [7, 11) is 0.